The second kappa shape index (κ2) is 15.5. The van der Waals surface area contributed by atoms with E-state index in [-0.39, 0.29) is 10.1 Å². The van der Waals surface area contributed by atoms with E-state index in [0.717, 1.165) is 44.9 Å². The topological polar surface area (TPSA) is 38.7 Å². The molecule has 240 valence electrons. The maximum atomic E-state index is 10.7. The van der Waals surface area contributed by atoms with Crippen LogP contribution in [0.15, 0.2) is 36.4 Å². The van der Waals surface area contributed by atoms with Crippen molar-refractivity contribution < 1.29 is 14.0 Å². The van der Waals surface area contributed by atoms with E-state index < -0.39 is 16.8 Å². The Labute approximate surface area is 274 Å². The van der Waals surface area contributed by atoms with Crippen LogP contribution in [-0.4, -0.2) is 30.2 Å². The van der Waals surface area contributed by atoms with E-state index in [2.05, 4.69) is 126 Å². The van der Waals surface area contributed by atoms with Crippen LogP contribution < -0.4 is 0 Å². The van der Waals surface area contributed by atoms with Gasteiger partial charge in [0.05, 0.1) is 16.8 Å². The first kappa shape index (κ1) is 38.2. The number of aryl methyl sites for hydroxylation is 2. The van der Waals surface area contributed by atoms with Crippen molar-refractivity contribution in [2.24, 2.45) is 0 Å². The minimum Gasteiger partial charge on any atom is -0.408 e. The molecule has 1 aromatic heterocycles. The Morgan fingerprint density at radius 1 is 0.767 bits per heavy atom. The minimum atomic E-state index is -0.536. The van der Waals surface area contributed by atoms with Gasteiger partial charge in [-0.3, -0.25) is 0 Å². The molecule has 0 aliphatic heterocycles. The van der Waals surface area contributed by atoms with Gasteiger partial charge < -0.3 is 14.0 Å². The van der Waals surface area contributed by atoms with E-state index >= 15 is 0 Å². The third-order valence-electron chi connectivity index (χ3n) is 7.94. The van der Waals surface area contributed by atoms with E-state index in [1.54, 1.807) is 0 Å². The summed E-state index contributed by atoms with van der Waals surface area (Å²) in [6.45, 7) is 28.6. The highest BCUT2D eigenvalue weighted by Crippen LogP contribution is 2.39. The molecule has 0 atom stereocenters. The molecule has 1 heterocycles. The SMILES string of the molecule is CCC(=CCCC(O)(CC)CC)c1ccc(CCc2ccc(C(C)(C)O[Si]C(C)(C)C)c(C(C)(C)O[Si]C(C)(C)C)c2)s1. The quantitative estimate of drug-likeness (QED) is 0.186. The van der Waals surface area contributed by atoms with Gasteiger partial charge in [-0.1, -0.05) is 86.6 Å². The Hall–Kier alpha value is -1.03. The van der Waals surface area contributed by atoms with Gasteiger partial charge in [-0.2, -0.15) is 0 Å². The van der Waals surface area contributed by atoms with Crippen LogP contribution in [0.1, 0.15) is 149 Å². The summed E-state index contributed by atoms with van der Waals surface area (Å²) in [5.41, 5.74) is 3.80. The smallest absolute Gasteiger partial charge is 0.236 e. The van der Waals surface area contributed by atoms with Crippen molar-refractivity contribution in [3.05, 3.63) is 62.9 Å². The molecule has 2 rings (SSSR count). The average molecular weight is 641 g/mol. The van der Waals surface area contributed by atoms with Crippen LogP contribution in [0.3, 0.4) is 0 Å². The number of hydrogen-bond acceptors (Lipinski definition) is 4. The molecular weight excluding hydrogens is 581 g/mol. The number of benzene rings is 1. The molecule has 4 radical (unpaired) electrons. The molecule has 3 nitrogen and oxygen atoms in total. The van der Waals surface area contributed by atoms with Crippen molar-refractivity contribution in [2.75, 3.05) is 0 Å². The van der Waals surface area contributed by atoms with E-state index in [0.29, 0.717) is 19.5 Å². The summed E-state index contributed by atoms with van der Waals surface area (Å²) in [6, 6.07) is 11.5. The third kappa shape index (κ3) is 12.4. The lowest BCUT2D eigenvalue weighted by Crippen LogP contribution is -2.34. The molecule has 0 saturated carbocycles. The molecule has 1 N–H and O–H groups in total. The van der Waals surface area contributed by atoms with Crippen LogP contribution >= 0.6 is 11.3 Å². The van der Waals surface area contributed by atoms with Crippen molar-refractivity contribution in [3.63, 3.8) is 0 Å². The monoisotopic (exact) mass is 640 g/mol. The zero-order valence-corrected chi connectivity index (χ0v) is 32.4. The summed E-state index contributed by atoms with van der Waals surface area (Å²) >= 11 is 1.92. The minimum absolute atomic E-state index is 0.116. The fourth-order valence-electron chi connectivity index (χ4n) is 4.93. The molecule has 6 heteroatoms. The van der Waals surface area contributed by atoms with Gasteiger partial charge in [-0.15, -0.1) is 11.3 Å². The molecule has 0 amide bonds. The standard InChI is InChI=1S/C37H60O3SSi2/c1-14-28(18-17-25-37(38,15-2)16-3)32-24-22-29(41-32)21-19-27-20-23-30(35(10,11)39-42-33(4,5)6)31(26-27)36(12,13)40-43-34(7,8)9/h18,20,22-24,26,38H,14-17,19,21,25H2,1-13H3. The van der Waals surface area contributed by atoms with Crippen LogP contribution in [0.2, 0.25) is 10.1 Å². The van der Waals surface area contributed by atoms with Crippen LogP contribution in [0.25, 0.3) is 5.57 Å². The van der Waals surface area contributed by atoms with E-state index in [1.165, 1.54) is 32.0 Å². The normalized spacial score (nSPS) is 14.0. The fourth-order valence-corrected chi connectivity index (χ4v) is 7.39. The summed E-state index contributed by atoms with van der Waals surface area (Å²) in [4.78, 5) is 2.78. The van der Waals surface area contributed by atoms with Gasteiger partial charge >= 0.3 is 0 Å². The number of hydrogen-bond donors (Lipinski definition) is 1. The largest absolute Gasteiger partial charge is 0.408 e. The first-order chi connectivity index (χ1) is 19.7. The molecule has 0 aliphatic rings. The van der Waals surface area contributed by atoms with Crippen LogP contribution in [0, 0.1) is 0 Å². The fraction of sp³-hybridized carbons (Fsp3) is 0.676. The summed E-state index contributed by atoms with van der Waals surface area (Å²) in [7, 11) is 0.815. The van der Waals surface area contributed by atoms with Crippen molar-refractivity contribution in [1.29, 1.82) is 0 Å². The second-order valence-electron chi connectivity index (χ2n) is 15.1. The lowest BCUT2D eigenvalue weighted by molar-refractivity contribution is 0.0246. The Morgan fingerprint density at radius 2 is 1.33 bits per heavy atom. The Morgan fingerprint density at radius 3 is 1.84 bits per heavy atom. The first-order valence-corrected chi connectivity index (χ1v) is 18.9. The van der Waals surface area contributed by atoms with Gasteiger partial charge in [0, 0.05) is 9.75 Å². The van der Waals surface area contributed by atoms with Gasteiger partial charge in [0.25, 0.3) is 0 Å². The van der Waals surface area contributed by atoms with Gasteiger partial charge in [0.15, 0.2) is 0 Å². The molecule has 43 heavy (non-hydrogen) atoms. The van der Waals surface area contributed by atoms with Crippen LogP contribution in [-0.2, 0) is 32.9 Å². The first-order valence-electron chi connectivity index (χ1n) is 16.3. The number of allylic oxidation sites excluding steroid dienone is 2. The van der Waals surface area contributed by atoms with Crippen molar-refractivity contribution >= 4 is 36.4 Å². The molecule has 2 aromatic rings. The zero-order valence-electron chi connectivity index (χ0n) is 29.6. The second-order valence-corrected chi connectivity index (χ2v) is 20.1. The van der Waals surface area contributed by atoms with Gasteiger partial charge in [0.2, 0.25) is 19.5 Å². The van der Waals surface area contributed by atoms with Crippen molar-refractivity contribution in [1.82, 2.24) is 0 Å². The predicted octanol–water partition coefficient (Wildman–Crippen LogP) is 10.8. The molecule has 1 aromatic carbocycles. The Balaban J connectivity index is 2.28. The van der Waals surface area contributed by atoms with E-state index in [4.69, 9.17) is 8.85 Å². The van der Waals surface area contributed by atoms with Crippen molar-refractivity contribution in [3.8, 4) is 0 Å². The van der Waals surface area contributed by atoms with Gasteiger partial charge in [-0.25, -0.2) is 0 Å². The highest BCUT2D eigenvalue weighted by molar-refractivity contribution is 7.13. The molecule has 0 fully saturated rings. The predicted molar refractivity (Wildman–Crippen MR) is 190 cm³/mol. The molecule has 0 unspecified atom stereocenters. The number of thiophene rings is 1. The lowest BCUT2D eigenvalue weighted by atomic mass is 9.84. The summed E-state index contributed by atoms with van der Waals surface area (Å²) in [5.74, 6) is 0. The molecule has 0 bridgehead atoms. The van der Waals surface area contributed by atoms with Crippen LogP contribution in [0.4, 0.5) is 0 Å². The number of aliphatic hydroxyl groups is 1. The van der Waals surface area contributed by atoms with Crippen molar-refractivity contribution in [2.45, 2.75) is 162 Å². The highest BCUT2D eigenvalue weighted by atomic mass is 32.1. The molecule has 0 saturated heterocycles. The Kier molecular flexibility index (Phi) is 13.8. The number of rotatable bonds is 16. The summed E-state index contributed by atoms with van der Waals surface area (Å²) in [6.07, 6.45) is 8.74. The van der Waals surface area contributed by atoms with Crippen LogP contribution in [0.5, 0.6) is 0 Å². The van der Waals surface area contributed by atoms with E-state index in [9.17, 15) is 5.11 Å². The van der Waals surface area contributed by atoms with Gasteiger partial charge in [0.1, 0.15) is 0 Å². The lowest BCUT2D eigenvalue weighted by Gasteiger charge is -2.37. The average Bonchev–Trinajstić information content (AvgIpc) is 3.40. The van der Waals surface area contributed by atoms with Gasteiger partial charge in [-0.05, 0) is 117 Å². The maximum Gasteiger partial charge on any atom is 0.236 e. The zero-order chi connectivity index (χ0) is 32.7. The third-order valence-corrected chi connectivity index (χ3v) is 11.6. The summed E-state index contributed by atoms with van der Waals surface area (Å²) < 4.78 is 13.2. The van der Waals surface area contributed by atoms with E-state index in [1.807, 2.05) is 11.3 Å². The molecule has 0 aliphatic carbocycles. The molecular formula is C37H60O3SSi2. The highest BCUT2D eigenvalue weighted by Gasteiger charge is 2.34. The molecule has 0 spiro atoms. The maximum absolute atomic E-state index is 10.7. The Bertz CT molecular complexity index is 1180. The summed E-state index contributed by atoms with van der Waals surface area (Å²) in [5, 5.41) is 10.9.